The molecule has 2 unspecified atom stereocenters. The van der Waals surface area contributed by atoms with Gasteiger partial charge in [-0.1, -0.05) is 39.0 Å². The van der Waals surface area contributed by atoms with Gasteiger partial charge in [0, 0.05) is 10.9 Å². The summed E-state index contributed by atoms with van der Waals surface area (Å²) in [5.41, 5.74) is 0.297. The molecule has 1 aliphatic carbocycles. The van der Waals surface area contributed by atoms with Crippen LogP contribution in [0.5, 0.6) is 0 Å². The third-order valence-corrected chi connectivity index (χ3v) is 8.53. The van der Waals surface area contributed by atoms with Crippen LogP contribution in [0.3, 0.4) is 0 Å². The number of hydrogen-bond donors (Lipinski definition) is 1. The molecular formula is C23H32N4O2S2. The highest BCUT2D eigenvalue weighted by Crippen LogP contribution is 2.34. The normalized spacial score (nSPS) is 16.9. The van der Waals surface area contributed by atoms with Gasteiger partial charge in [0.15, 0.2) is 5.16 Å². The lowest BCUT2D eigenvalue weighted by molar-refractivity contribution is -0.120. The van der Waals surface area contributed by atoms with Gasteiger partial charge >= 0.3 is 0 Å². The summed E-state index contributed by atoms with van der Waals surface area (Å²) >= 11 is 2.92. The van der Waals surface area contributed by atoms with Crippen LogP contribution in [0.25, 0.3) is 10.2 Å². The molecule has 168 valence electrons. The van der Waals surface area contributed by atoms with Crippen LogP contribution in [-0.2, 0) is 17.6 Å². The van der Waals surface area contributed by atoms with Gasteiger partial charge in [-0.3, -0.25) is 14.2 Å². The third kappa shape index (κ3) is 4.83. The number of amides is 1. The molecule has 2 heterocycles. The number of aryl methyl sites for hydroxylation is 2. The number of hydrogen-bond acceptors (Lipinski definition) is 6. The molecule has 2 aromatic heterocycles. The second-order valence-corrected chi connectivity index (χ2v) is 10.9. The van der Waals surface area contributed by atoms with Crippen molar-refractivity contribution in [2.45, 2.75) is 89.9 Å². The first-order valence-corrected chi connectivity index (χ1v) is 12.9. The molecule has 0 aliphatic heterocycles. The Morgan fingerprint density at radius 2 is 2.03 bits per heavy atom. The number of thioether (sulfide) groups is 1. The minimum atomic E-state index is -0.920. The summed E-state index contributed by atoms with van der Waals surface area (Å²) in [6.45, 7) is 9.63. The Balaban J connectivity index is 1.95. The van der Waals surface area contributed by atoms with Gasteiger partial charge < -0.3 is 5.32 Å². The van der Waals surface area contributed by atoms with Crippen molar-refractivity contribution in [3.05, 3.63) is 20.8 Å². The van der Waals surface area contributed by atoms with E-state index < -0.39 is 5.54 Å². The SMILES string of the molecule is CCC(C)n1c(SCC(=O)NC(C)(C#N)C(C)C)nc2sc3c(c2c1=O)CCCCC3. The number of nitriles is 1. The first kappa shape index (κ1) is 23.8. The number of nitrogens with one attached hydrogen (secondary N) is 1. The number of rotatable bonds is 7. The smallest absolute Gasteiger partial charge is 0.263 e. The Hall–Kier alpha value is -1.85. The van der Waals surface area contributed by atoms with Crippen LogP contribution in [0.1, 0.15) is 76.8 Å². The minimum Gasteiger partial charge on any atom is -0.337 e. The molecule has 0 bridgehead atoms. The van der Waals surface area contributed by atoms with E-state index in [0.29, 0.717) is 5.16 Å². The molecule has 0 saturated heterocycles. The van der Waals surface area contributed by atoms with Gasteiger partial charge in [0.2, 0.25) is 5.91 Å². The van der Waals surface area contributed by atoms with E-state index in [1.165, 1.54) is 28.6 Å². The lowest BCUT2D eigenvalue weighted by atomic mass is 9.90. The highest BCUT2D eigenvalue weighted by atomic mass is 32.2. The molecule has 0 aromatic carbocycles. The van der Waals surface area contributed by atoms with Gasteiger partial charge in [0.1, 0.15) is 10.4 Å². The summed E-state index contributed by atoms with van der Waals surface area (Å²) in [5, 5.41) is 13.7. The summed E-state index contributed by atoms with van der Waals surface area (Å²) in [7, 11) is 0. The van der Waals surface area contributed by atoms with Crippen molar-refractivity contribution >= 4 is 39.2 Å². The highest BCUT2D eigenvalue weighted by Gasteiger charge is 2.30. The molecule has 8 heteroatoms. The predicted octanol–water partition coefficient (Wildman–Crippen LogP) is 4.84. The molecule has 1 N–H and O–H groups in total. The van der Waals surface area contributed by atoms with E-state index in [0.717, 1.165) is 42.3 Å². The van der Waals surface area contributed by atoms with Crippen LogP contribution in [-0.4, -0.2) is 26.8 Å². The lowest BCUT2D eigenvalue weighted by Gasteiger charge is -2.27. The van der Waals surface area contributed by atoms with E-state index >= 15 is 0 Å². The van der Waals surface area contributed by atoms with Crippen LogP contribution in [0, 0.1) is 17.2 Å². The number of fused-ring (bicyclic) bond motifs is 3. The predicted molar refractivity (Wildman–Crippen MR) is 128 cm³/mol. The fourth-order valence-corrected chi connectivity index (χ4v) is 6.01. The zero-order valence-corrected chi connectivity index (χ0v) is 20.7. The maximum atomic E-state index is 13.6. The van der Waals surface area contributed by atoms with Crippen molar-refractivity contribution in [2.75, 3.05) is 5.75 Å². The Labute approximate surface area is 192 Å². The summed E-state index contributed by atoms with van der Waals surface area (Å²) in [5.74, 6) is -0.126. The first-order valence-electron chi connectivity index (χ1n) is 11.1. The quantitative estimate of drug-likeness (QED) is 0.363. The molecule has 2 aromatic rings. The maximum Gasteiger partial charge on any atom is 0.263 e. The summed E-state index contributed by atoms with van der Waals surface area (Å²) in [6.07, 6.45) is 6.26. The molecule has 1 aliphatic rings. The third-order valence-electron chi connectivity index (χ3n) is 6.39. The minimum absolute atomic E-state index is 0.00340. The van der Waals surface area contributed by atoms with Gasteiger partial charge in [0.05, 0.1) is 17.2 Å². The van der Waals surface area contributed by atoms with E-state index in [1.54, 1.807) is 22.8 Å². The largest absolute Gasteiger partial charge is 0.337 e. The molecule has 6 nitrogen and oxygen atoms in total. The maximum absolute atomic E-state index is 13.6. The standard InChI is InChI=1S/C23H32N4O2S2/c1-6-15(4)27-21(29)19-16-10-8-7-9-11-17(16)31-20(19)25-22(27)30-12-18(28)26-23(5,13-24)14(2)3/h14-15H,6-12H2,1-5H3,(H,26,28). The average molecular weight is 461 g/mol. The van der Waals surface area contributed by atoms with Crippen LogP contribution < -0.4 is 10.9 Å². The van der Waals surface area contributed by atoms with Crippen molar-refractivity contribution < 1.29 is 4.79 Å². The second kappa shape index (κ2) is 9.74. The Morgan fingerprint density at radius 1 is 1.32 bits per heavy atom. The molecular weight excluding hydrogens is 428 g/mol. The van der Waals surface area contributed by atoms with E-state index in [2.05, 4.69) is 18.3 Å². The molecule has 3 rings (SSSR count). The summed E-state index contributed by atoms with van der Waals surface area (Å²) in [4.78, 5) is 33.1. The zero-order valence-electron chi connectivity index (χ0n) is 19.1. The second-order valence-electron chi connectivity index (χ2n) is 8.88. The van der Waals surface area contributed by atoms with Crippen LogP contribution in [0.15, 0.2) is 9.95 Å². The van der Waals surface area contributed by atoms with Gasteiger partial charge in [-0.25, -0.2) is 4.98 Å². The van der Waals surface area contributed by atoms with Gasteiger partial charge in [-0.05, 0) is 57.4 Å². The summed E-state index contributed by atoms with van der Waals surface area (Å²) in [6, 6.07) is 2.20. The molecule has 31 heavy (non-hydrogen) atoms. The Morgan fingerprint density at radius 3 is 2.68 bits per heavy atom. The highest BCUT2D eigenvalue weighted by molar-refractivity contribution is 7.99. The van der Waals surface area contributed by atoms with Gasteiger partial charge in [0.25, 0.3) is 5.56 Å². The van der Waals surface area contributed by atoms with E-state index in [4.69, 9.17) is 4.98 Å². The Bertz CT molecular complexity index is 1070. The van der Waals surface area contributed by atoms with E-state index in [1.807, 2.05) is 20.8 Å². The van der Waals surface area contributed by atoms with Gasteiger partial charge in [-0.15, -0.1) is 11.3 Å². The van der Waals surface area contributed by atoms with Gasteiger partial charge in [-0.2, -0.15) is 5.26 Å². The van der Waals surface area contributed by atoms with Crippen molar-refractivity contribution in [1.82, 2.24) is 14.9 Å². The van der Waals surface area contributed by atoms with Crippen LogP contribution >= 0.6 is 23.1 Å². The van der Waals surface area contributed by atoms with E-state index in [9.17, 15) is 14.9 Å². The zero-order chi connectivity index (χ0) is 22.8. The van der Waals surface area contributed by atoms with Crippen LogP contribution in [0.4, 0.5) is 0 Å². The molecule has 1 amide bonds. The molecule has 0 radical (unpaired) electrons. The number of aromatic nitrogens is 2. The van der Waals surface area contributed by atoms with E-state index in [-0.39, 0.29) is 29.2 Å². The fourth-order valence-electron chi connectivity index (χ4n) is 3.81. The summed E-state index contributed by atoms with van der Waals surface area (Å²) < 4.78 is 1.77. The molecule has 0 saturated carbocycles. The fraction of sp³-hybridized carbons (Fsp3) is 0.652. The van der Waals surface area contributed by atoms with Crippen molar-refractivity contribution in [2.24, 2.45) is 5.92 Å². The molecule has 2 atom stereocenters. The Kier molecular flexibility index (Phi) is 7.48. The molecule has 0 fully saturated rings. The van der Waals surface area contributed by atoms with Crippen LogP contribution in [0.2, 0.25) is 0 Å². The molecule has 0 spiro atoms. The number of carbonyl (C=O) groups is 1. The number of thiophene rings is 1. The average Bonchev–Trinajstić information content (AvgIpc) is 2.92. The first-order chi connectivity index (χ1) is 14.7. The van der Waals surface area contributed by atoms with Crippen molar-refractivity contribution in [3.8, 4) is 6.07 Å². The topological polar surface area (TPSA) is 87.8 Å². The number of nitrogens with zero attached hydrogens (tertiary/aromatic N) is 3. The van der Waals surface area contributed by atoms with Crippen molar-refractivity contribution in [1.29, 1.82) is 5.26 Å². The van der Waals surface area contributed by atoms with Crippen molar-refractivity contribution in [3.63, 3.8) is 0 Å². The lowest BCUT2D eigenvalue weighted by Crippen LogP contribution is -2.49. The number of carbonyl (C=O) groups excluding carboxylic acids is 1. The monoisotopic (exact) mass is 460 g/mol.